The maximum Gasteiger partial charge on any atom is 0.147 e. The number of aromatic nitrogens is 4. The fourth-order valence-electron chi connectivity index (χ4n) is 4.72. The molecule has 1 spiro atoms. The number of hydrogen-bond donors (Lipinski definition) is 1. The monoisotopic (exact) mass is 534 g/mol. The van der Waals surface area contributed by atoms with E-state index in [9.17, 15) is 8.60 Å². The smallest absolute Gasteiger partial charge is 0.147 e. The van der Waals surface area contributed by atoms with E-state index >= 15 is 0 Å². The predicted molar refractivity (Wildman–Crippen MR) is 137 cm³/mol. The van der Waals surface area contributed by atoms with Crippen LogP contribution in [0.1, 0.15) is 45.3 Å². The summed E-state index contributed by atoms with van der Waals surface area (Å²) >= 11 is 7.36. The van der Waals surface area contributed by atoms with Crippen molar-refractivity contribution in [2.75, 3.05) is 18.0 Å². The van der Waals surface area contributed by atoms with Crippen LogP contribution in [0.5, 0.6) is 0 Å². The lowest BCUT2D eigenvalue weighted by Crippen LogP contribution is -2.48. The van der Waals surface area contributed by atoms with E-state index in [0.29, 0.717) is 9.92 Å². The molecule has 11 heteroatoms. The van der Waals surface area contributed by atoms with Crippen LogP contribution < -0.4 is 9.62 Å². The van der Waals surface area contributed by atoms with Crippen LogP contribution >= 0.6 is 23.4 Å². The summed E-state index contributed by atoms with van der Waals surface area (Å²) in [6, 6.07) is 6.75. The number of anilines is 1. The van der Waals surface area contributed by atoms with Crippen LogP contribution in [0.15, 0.2) is 52.8 Å². The normalized spacial score (nSPS) is 20.3. The van der Waals surface area contributed by atoms with Crippen LogP contribution in [0.2, 0.25) is 5.02 Å². The lowest BCUT2D eigenvalue weighted by atomic mass is 9.73. The van der Waals surface area contributed by atoms with Gasteiger partial charge in [0, 0.05) is 36.1 Å². The van der Waals surface area contributed by atoms with E-state index in [2.05, 4.69) is 29.4 Å². The molecule has 1 N–H and O–H groups in total. The Morgan fingerprint density at radius 1 is 1.20 bits per heavy atom. The van der Waals surface area contributed by atoms with E-state index in [1.807, 2.05) is 33.0 Å². The third kappa shape index (κ3) is 4.85. The molecule has 1 saturated heterocycles. The minimum Gasteiger partial charge on any atom is -0.355 e. The maximum atomic E-state index is 13.7. The summed E-state index contributed by atoms with van der Waals surface area (Å²) in [5.41, 5.74) is 1.06. The van der Waals surface area contributed by atoms with E-state index in [-0.39, 0.29) is 21.2 Å². The van der Waals surface area contributed by atoms with Crippen molar-refractivity contribution in [3.8, 4) is 0 Å². The Kier molecular flexibility index (Phi) is 6.67. The average Bonchev–Trinajstić information content (AvgIpc) is 3.38. The van der Waals surface area contributed by atoms with Gasteiger partial charge in [-0.2, -0.15) is 5.10 Å². The number of piperidine rings is 1. The summed E-state index contributed by atoms with van der Waals surface area (Å²) in [6.45, 7) is 8.42. The lowest BCUT2D eigenvalue weighted by molar-refractivity contribution is 0.161. The van der Waals surface area contributed by atoms with Gasteiger partial charge in [-0.3, -0.25) is 4.68 Å². The fraction of sp³-hybridized carbons (Fsp3) is 0.458. The summed E-state index contributed by atoms with van der Waals surface area (Å²) < 4.78 is 31.8. The molecule has 0 aliphatic carbocycles. The van der Waals surface area contributed by atoms with Crippen molar-refractivity contribution >= 4 is 40.2 Å². The third-order valence-corrected chi connectivity index (χ3v) is 9.77. The highest BCUT2D eigenvalue weighted by molar-refractivity contribution is 7.99. The Balaban J connectivity index is 1.27. The van der Waals surface area contributed by atoms with E-state index < -0.39 is 16.8 Å². The molecule has 4 heterocycles. The van der Waals surface area contributed by atoms with Crippen molar-refractivity contribution in [2.45, 2.75) is 60.9 Å². The van der Waals surface area contributed by atoms with Crippen LogP contribution in [0.3, 0.4) is 0 Å². The van der Waals surface area contributed by atoms with Gasteiger partial charge in [-0.15, -0.1) is 0 Å². The second kappa shape index (κ2) is 9.46. The molecule has 0 bridgehead atoms. The molecule has 7 nitrogen and oxygen atoms in total. The molecule has 186 valence electrons. The molecule has 2 aromatic heterocycles. The molecule has 2 aliphatic heterocycles. The van der Waals surface area contributed by atoms with E-state index in [1.165, 1.54) is 17.8 Å². The number of halogens is 2. The molecule has 0 radical (unpaired) electrons. The minimum atomic E-state index is -1.18. The van der Waals surface area contributed by atoms with Gasteiger partial charge in [-0.05, 0) is 51.8 Å². The van der Waals surface area contributed by atoms with Crippen LogP contribution in [0, 0.1) is 11.2 Å². The molecule has 5 rings (SSSR count). The van der Waals surface area contributed by atoms with Crippen LogP contribution in [-0.4, -0.2) is 41.8 Å². The number of fused-ring (bicyclic) bond motifs is 1. The first kappa shape index (κ1) is 24.7. The number of nitrogens with zero attached hydrogens (tertiary/aromatic N) is 5. The van der Waals surface area contributed by atoms with Gasteiger partial charge in [0.2, 0.25) is 0 Å². The Hall–Kier alpha value is -2.01. The second-order valence-corrected chi connectivity index (χ2v) is 13.5. The van der Waals surface area contributed by atoms with Gasteiger partial charge in [0.15, 0.2) is 0 Å². The minimum absolute atomic E-state index is 0.00640. The van der Waals surface area contributed by atoms with Gasteiger partial charge in [0.25, 0.3) is 0 Å². The van der Waals surface area contributed by atoms with Crippen molar-refractivity contribution in [3.05, 3.63) is 59.4 Å². The van der Waals surface area contributed by atoms with Gasteiger partial charge in [0.05, 0.1) is 44.9 Å². The number of hydrogen-bond acceptors (Lipinski definition) is 6. The largest absolute Gasteiger partial charge is 0.355 e. The van der Waals surface area contributed by atoms with Crippen molar-refractivity contribution in [2.24, 2.45) is 5.41 Å². The summed E-state index contributed by atoms with van der Waals surface area (Å²) in [7, 11) is -1.18. The van der Waals surface area contributed by atoms with Gasteiger partial charge in [0.1, 0.15) is 16.7 Å². The standard InChI is InChI=1S/C24H28ClFN6OS2/c1-23(2,3)35(33)30-22-17-7-10-29-32(17)15-24(22)8-11-31(12-9-24)19-13-28-20(14-27-19)34-18-6-4-5-16(26)21(18)25/h4-7,10,13-14,22,30H,8-9,11-12,15H2,1-3H3/t22-,35-/m1/s1. The number of rotatable bonds is 5. The summed E-state index contributed by atoms with van der Waals surface area (Å²) in [6.07, 6.45) is 7.13. The molecule has 3 aromatic rings. The molecule has 0 saturated carbocycles. The highest BCUT2D eigenvalue weighted by Gasteiger charge is 2.49. The quantitative estimate of drug-likeness (QED) is 0.496. The first-order valence-corrected chi connectivity index (χ1v) is 13.9. The lowest BCUT2D eigenvalue weighted by Gasteiger charge is -2.43. The second-order valence-electron chi connectivity index (χ2n) is 10.1. The highest BCUT2D eigenvalue weighted by atomic mass is 35.5. The van der Waals surface area contributed by atoms with Crippen molar-refractivity contribution in [1.29, 1.82) is 0 Å². The molecule has 35 heavy (non-hydrogen) atoms. The van der Waals surface area contributed by atoms with Gasteiger partial charge < -0.3 is 4.90 Å². The molecule has 0 amide bonds. The third-order valence-electron chi connectivity index (χ3n) is 6.73. The van der Waals surface area contributed by atoms with Crippen molar-refractivity contribution in [1.82, 2.24) is 24.5 Å². The number of benzene rings is 1. The van der Waals surface area contributed by atoms with Crippen molar-refractivity contribution in [3.63, 3.8) is 0 Å². The van der Waals surface area contributed by atoms with Gasteiger partial charge in [-0.1, -0.05) is 29.4 Å². The molecule has 1 aromatic carbocycles. The molecular formula is C24H28ClFN6OS2. The molecular weight excluding hydrogens is 507 g/mol. The zero-order valence-electron chi connectivity index (χ0n) is 19.9. The fourth-order valence-corrected chi connectivity index (χ4v) is 6.67. The van der Waals surface area contributed by atoms with Crippen LogP contribution in [0.25, 0.3) is 0 Å². The Morgan fingerprint density at radius 3 is 2.66 bits per heavy atom. The average molecular weight is 535 g/mol. The summed E-state index contributed by atoms with van der Waals surface area (Å²) in [5.74, 6) is 0.365. The summed E-state index contributed by atoms with van der Waals surface area (Å²) in [4.78, 5) is 12.0. The Bertz CT molecular complexity index is 1240. The Labute approximate surface area is 216 Å². The van der Waals surface area contributed by atoms with Crippen LogP contribution in [-0.2, 0) is 17.5 Å². The zero-order chi connectivity index (χ0) is 24.8. The summed E-state index contributed by atoms with van der Waals surface area (Å²) in [5, 5.41) is 5.26. The SMILES string of the molecule is CC(C)(C)[S@@](=O)N[C@@H]1c2ccnn2CC12CCN(c1cnc(Sc3cccc(F)c3Cl)cn1)CC2. The van der Waals surface area contributed by atoms with E-state index in [1.54, 1.807) is 24.5 Å². The Morgan fingerprint density at radius 2 is 1.97 bits per heavy atom. The van der Waals surface area contributed by atoms with Crippen LogP contribution in [0.4, 0.5) is 10.2 Å². The molecule has 2 aliphatic rings. The zero-order valence-corrected chi connectivity index (χ0v) is 22.3. The molecule has 2 atom stereocenters. The first-order valence-electron chi connectivity index (χ1n) is 11.5. The van der Waals surface area contributed by atoms with E-state index in [0.717, 1.165) is 44.0 Å². The maximum absolute atomic E-state index is 13.7. The number of nitrogens with one attached hydrogen (secondary N) is 1. The molecule has 0 unspecified atom stereocenters. The highest BCUT2D eigenvalue weighted by Crippen LogP contribution is 2.49. The van der Waals surface area contributed by atoms with Gasteiger partial charge in [-0.25, -0.2) is 23.3 Å². The predicted octanol–water partition coefficient (Wildman–Crippen LogP) is 5.01. The molecule has 1 fully saturated rings. The first-order chi connectivity index (χ1) is 16.7. The van der Waals surface area contributed by atoms with Crippen molar-refractivity contribution < 1.29 is 8.60 Å². The van der Waals surface area contributed by atoms with Gasteiger partial charge >= 0.3 is 0 Å². The topological polar surface area (TPSA) is 75.9 Å². The van der Waals surface area contributed by atoms with E-state index in [4.69, 9.17) is 11.6 Å².